The molecule has 1 aromatic rings. The van der Waals surface area contributed by atoms with Gasteiger partial charge in [-0.2, -0.15) is 0 Å². The van der Waals surface area contributed by atoms with Crippen molar-refractivity contribution >= 4 is 5.91 Å². The van der Waals surface area contributed by atoms with Crippen LogP contribution >= 0.6 is 0 Å². The van der Waals surface area contributed by atoms with Crippen LogP contribution in [0.3, 0.4) is 0 Å². The molecule has 3 nitrogen and oxygen atoms in total. The summed E-state index contributed by atoms with van der Waals surface area (Å²) in [6.45, 7) is 5.33. The number of halogens is 1. The molecule has 3 N–H and O–H groups in total. The molecule has 0 heterocycles. The fraction of sp³-hybridized carbons (Fsp3) is 0.562. The molecule has 0 radical (unpaired) electrons. The molecule has 0 spiro atoms. The van der Waals surface area contributed by atoms with E-state index in [1.165, 1.54) is 12.1 Å². The van der Waals surface area contributed by atoms with Gasteiger partial charge in [-0.25, -0.2) is 4.39 Å². The topological polar surface area (TPSA) is 55.1 Å². The van der Waals surface area contributed by atoms with Gasteiger partial charge < -0.3 is 11.1 Å². The van der Waals surface area contributed by atoms with Gasteiger partial charge in [0.25, 0.3) is 0 Å². The van der Waals surface area contributed by atoms with Gasteiger partial charge in [0, 0.05) is 13.0 Å². The molecule has 0 saturated carbocycles. The van der Waals surface area contributed by atoms with Crippen LogP contribution in [0.2, 0.25) is 0 Å². The van der Waals surface area contributed by atoms with E-state index in [9.17, 15) is 9.18 Å². The molecule has 0 aliphatic carbocycles. The third-order valence-corrected chi connectivity index (χ3v) is 3.24. The Bertz CT molecular complexity index is 421. The van der Waals surface area contributed by atoms with E-state index in [4.69, 9.17) is 5.73 Å². The molecule has 1 aromatic carbocycles. The smallest absolute Gasteiger partial charge is 0.220 e. The molecule has 0 fully saturated rings. The van der Waals surface area contributed by atoms with Crippen LogP contribution in [0.15, 0.2) is 24.3 Å². The van der Waals surface area contributed by atoms with Crippen molar-refractivity contribution in [2.24, 2.45) is 17.6 Å². The minimum Gasteiger partial charge on any atom is -0.356 e. The standard InChI is InChI=1S/C16H25FN2O/c1-12(2)8-14(11-18)10-16(20)19-7-6-13-4-3-5-15(17)9-13/h3-5,9,12,14H,6-8,10-11,18H2,1-2H3,(H,19,20). The molecule has 0 aliphatic heterocycles. The average Bonchev–Trinajstić information content (AvgIpc) is 2.37. The summed E-state index contributed by atoms with van der Waals surface area (Å²) in [4.78, 5) is 11.8. The second-order valence-electron chi connectivity index (χ2n) is 5.67. The maximum absolute atomic E-state index is 13.0. The fourth-order valence-electron chi connectivity index (χ4n) is 2.30. The molecule has 1 amide bonds. The molecule has 1 unspecified atom stereocenters. The second kappa shape index (κ2) is 8.69. The van der Waals surface area contributed by atoms with Crippen molar-refractivity contribution in [1.29, 1.82) is 0 Å². The van der Waals surface area contributed by atoms with E-state index in [0.717, 1.165) is 12.0 Å². The van der Waals surface area contributed by atoms with E-state index in [1.54, 1.807) is 6.07 Å². The first-order valence-corrected chi connectivity index (χ1v) is 7.22. The number of nitrogens with one attached hydrogen (secondary N) is 1. The lowest BCUT2D eigenvalue weighted by atomic mass is 9.94. The molecule has 20 heavy (non-hydrogen) atoms. The summed E-state index contributed by atoms with van der Waals surface area (Å²) < 4.78 is 13.0. The van der Waals surface area contributed by atoms with E-state index >= 15 is 0 Å². The number of nitrogens with two attached hydrogens (primary N) is 1. The zero-order valence-electron chi connectivity index (χ0n) is 12.4. The Hall–Kier alpha value is -1.42. The Labute approximate surface area is 120 Å². The molecule has 0 aromatic heterocycles. The van der Waals surface area contributed by atoms with Gasteiger partial charge in [-0.15, -0.1) is 0 Å². The number of carbonyl (C=O) groups is 1. The van der Waals surface area contributed by atoms with Crippen LogP contribution < -0.4 is 11.1 Å². The summed E-state index contributed by atoms with van der Waals surface area (Å²) in [5.41, 5.74) is 6.58. The number of benzene rings is 1. The van der Waals surface area contributed by atoms with E-state index in [-0.39, 0.29) is 17.6 Å². The quantitative estimate of drug-likeness (QED) is 0.768. The third kappa shape index (κ3) is 6.66. The molecular formula is C16H25FN2O. The molecular weight excluding hydrogens is 255 g/mol. The number of carbonyl (C=O) groups excluding carboxylic acids is 1. The fourth-order valence-corrected chi connectivity index (χ4v) is 2.30. The Morgan fingerprint density at radius 3 is 2.75 bits per heavy atom. The van der Waals surface area contributed by atoms with Crippen LogP contribution in [0, 0.1) is 17.7 Å². The Morgan fingerprint density at radius 2 is 2.15 bits per heavy atom. The van der Waals surface area contributed by atoms with Crippen LogP contribution in [0.1, 0.15) is 32.3 Å². The molecule has 1 rings (SSSR count). The highest BCUT2D eigenvalue weighted by molar-refractivity contribution is 5.76. The highest BCUT2D eigenvalue weighted by Crippen LogP contribution is 2.14. The lowest BCUT2D eigenvalue weighted by Gasteiger charge is -2.16. The van der Waals surface area contributed by atoms with Crippen molar-refractivity contribution in [1.82, 2.24) is 5.32 Å². The largest absolute Gasteiger partial charge is 0.356 e. The zero-order valence-corrected chi connectivity index (χ0v) is 12.4. The van der Waals surface area contributed by atoms with Gasteiger partial charge in [0.05, 0.1) is 0 Å². The normalized spacial score (nSPS) is 12.4. The molecule has 0 saturated heterocycles. The molecule has 112 valence electrons. The highest BCUT2D eigenvalue weighted by Gasteiger charge is 2.13. The number of rotatable bonds is 8. The lowest BCUT2D eigenvalue weighted by molar-refractivity contribution is -0.122. The van der Waals surface area contributed by atoms with Crippen LogP contribution in [-0.2, 0) is 11.2 Å². The van der Waals surface area contributed by atoms with Gasteiger partial charge in [0.1, 0.15) is 5.82 Å². The number of hydrogen-bond acceptors (Lipinski definition) is 2. The Morgan fingerprint density at radius 1 is 1.40 bits per heavy atom. The average molecular weight is 280 g/mol. The van der Waals surface area contributed by atoms with Gasteiger partial charge in [-0.1, -0.05) is 26.0 Å². The maximum Gasteiger partial charge on any atom is 0.220 e. The van der Waals surface area contributed by atoms with Gasteiger partial charge in [0.2, 0.25) is 5.91 Å². The Kier molecular flexibility index (Phi) is 7.23. The molecule has 0 bridgehead atoms. The first kappa shape index (κ1) is 16.6. The van der Waals surface area contributed by atoms with Crippen LogP contribution in [0.25, 0.3) is 0 Å². The SMILES string of the molecule is CC(C)CC(CN)CC(=O)NCCc1cccc(F)c1. The lowest BCUT2D eigenvalue weighted by Crippen LogP contribution is -2.30. The summed E-state index contributed by atoms with van der Waals surface area (Å²) in [7, 11) is 0. The van der Waals surface area contributed by atoms with Crippen LogP contribution in [0.4, 0.5) is 4.39 Å². The van der Waals surface area contributed by atoms with Crippen molar-refractivity contribution in [3.63, 3.8) is 0 Å². The van der Waals surface area contributed by atoms with E-state index < -0.39 is 0 Å². The Balaban J connectivity index is 2.29. The number of amides is 1. The predicted octanol–water partition coefficient (Wildman–Crippen LogP) is 2.50. The van der Waals surface area contributed by atoms with Gasteiger partial charge in [0.15, 0.2) is 0 Å². The van der Waals surface area contributed by atoms with Crippen molar-refractivity contribution in [3.8, 4) is 0 Å². The van der Waals surface area contributed by atoms with E-state index in [1.807, 2.05) is 6.07 Å². The van der Waals surface area contributed by atoms with Crippen LogP contribution in [0.5, 0.6) is 0 Å². The van der Waals surface area contributed by atoms with Crippen molar-refractivity contribution in [2.45, 2.75) is 33.1 Å². The van der Waals surface area contributed by atoms with E-state index in [2.05, 4.69) is 19.2 Å². The second-order valence-corrected chi connectivity index (χ2v) is 5.67. The summed E-state index contributed by atoms with van der Waals surface area (Å²) in [5.74, 6) is 0.569. The van der Waals surface area contributed by atoms with Gasteiger partial charge in [-0.05, 0) is 48.9 Å². The highest BCUT2D eigenvalue weighted by atomic mass is 19.1. The van der Waals surface area contributed by atoms with Crippen LogP contribution in [-0.4, -0.2) is 19.0 Å². The summed E-state index contributed by atoms with van der Waals surface area (Å²) >= 11 is 0. The summed E-state index contributed by atoms with van der Waals surface area (Å²) in [6, 6.07) is 6.45. The number of hydrogen-bond donors (Lipinski definition) is 2. The first-order valence-electron chi connectivity index (χ1n) is 7.22. The minimum absolute atomic E-state index is 0.0255. The van der Waals surface area contributed by atoms with Gasteiger partial charge in [-0.3, -0.25) is 4.79 Å². The predicted molar refractivity (Wildman–Crippen MR) is 79.7 cm³/mol. The summed E-state index contributed by atoms with van der Waals surface area (Å²) in [6.07, 6.45) is 2.08. The first-order chi connectivity index (χ1) is 9.51. The molecule has 4 heteroatoms. The van der Waals surface area contributed by atoms with Gasteiger partial charge >= 0.3 is 0 Å². The zero-order chi connectivity index (χ0) is 15.0. The molecule has 0 aliphatic rings. The van der Waals surface area contributed by atoms with E-state index in [0.29, 0.717) is 31.8 Å². The summed E-state index contributed by atoms with van der Waals surface area (Å²) in [5, 5.41) is 2.87. The third-order valence-electron chi connectivity index (χ3n) is 3.24. The van der Waals surface area contributed by atoms with Crippen molar-refractivity contribution in [3.05, 3.63) is 35.6 Å². The monoisotopic (exact) mass is 280 g/mol. The maximum atomic E-state index is 13.0. The van der Waals surface area contributed by atoms with Crippen molar-refractivity contribution in [2.75, 3.05) is 13.1 Å². The molecule has 1 atom stereocenters. The minimum atomic E-state index is -0.242. The van der Waals surface area contributed by atoms with Crippen molar-refractivity contribution < 1.29 is 9.18 Å².